The Morgan fingerprint density at radius 2 is 1.84 bits per heavy atom. The summed E-state index contributed by atoms with van der Waals surface area (Å²) in [5, 5.41) is 5.85. The molecule has 0 atom stereocenters. The number of nitrogens with one attached hydrogen (secondary N) is 1. The van der Waals surface area contributed by atoms with Gasteiger partial charge in [-0.25, -0.2) is 4.98 Å². The highest BCUT2D eigenvalue weighted by Gasteiger charge is 2.14. The summed E-state index contributed by atoms with van der Waals surface area (Å²) < 4.78 is 0. The summed E-state index contributed by atoms with van der Waals surface area (Å²) in [6, 6.07) is 8.04. The molecule has 1 aliphatic carbocycles. The number of benzene rings is 1. The lowest BCUT2D eigenvalue weighted by molar-refractivity contribution is 0.462. The van der Waals surface area contributed by atoms with Gasteiger partial charge in [-0.2, -0.15) is 0 Å². The van der Waals surface area contributed by atoms with Gasteiger partial charge in [0.15, 0.2) is 0 Å². The molecule has 19 heavy (non-hydrogen) atoms. The fraction of sp³-hybridized carbons (Fsp3) is 0.400. The topological polar surface area (TPSA) is 24.9 Å². The van der Waals surface area contributed by atoms with Crippen LogP contribution in [0.4, 0.5) is 5.82 Å². The van der Waals surface area contributed by atoms with Gasteiger partial charge in [0.1, 0.15) is 5.82 Å². The quantitative estimate of drug-likeness (QED) is 0.814. The van der Waals surface area contributed by atoms with Crippen LogP contribution >= 0.6 is 23.2 Å². The Balaban J connectivity index is 1.91. The molecule has 2 aromatic rings. The van der Waals surface area contributed by atoms with Crippen molar-refractivity contribution in [3.05, 3.63) is 34.3 Å². The Labute approximate surface area is 123 Å². The first-order chi connectivity index (χ1) is 9.22. The fourth-order valence-electron chi connectivity index (χ4n) is 2.69. The molecule has 0 unspecified atom stereocenters. The minimum atomic E-state index is 0.522. The lowest BCUT2D eigenvalue weighted by Crippen LogP contribution is -2.22. The van der Waals surface area contributed by atoms with E-state index >= 15 is 0 Å². The van der Waals surface area contributed by atoms with Crippen molar-refractivity contribution in [3.63, 3.8) is 0 Å². The van der Waals surface area contributed by atoms with Crippen LogP contribution in [-0.2, 0) is 0 Å². The van der Waals surface area contributed by atoms with Gasteiger partial charge in [0.05, 0.1) is 10.5 Å². The molecule has 1 N–H and O–H groups in total. The smallest absolute Gasteiger partial charge is 0.128 e. The van der Waals surface area contributed by atoms with Crippen molar-refractivity contribution < 1.29 is 0 Å². The van der Waals surface area contributed by atoms with Gasteiger partial charge in [-0.3, -0.25) is 0 Å². The number of fused-ring (bicyclic) bond motifs is 1. The molecule has 1 aromatic carbocycles. The highest BCUT2D eigenvalue weighted by Crippen LogP contribution is 2.29. The Morgan fingerprint density at radius 1 is 1.05 bits per heavy atom. The van der Waals surface area contributed by atoms with E-state index in [1.807, 2.05) is 24.3 Å². The molecule has 1 fully saturated rings. The predicted molar refractivity (Wildman–Crippen MR) is 82.3 cm³/mol. The lowest BCUT2D eigenvalue weighted by Gasteiger charge is -2.23. The molecule has 1 aromatic heterocycles. The van der Waals surface area contributed by atoms with Crippen LogP contribution in [0, 0.1) is 0 Å². The van der Waals surface area contributed by atoms with Gasteiger partial charge < -0.3 is 5.32 Å². The Kier molecular flexibility index (Phi) is 3.81. The van der Waals surface area contributed by atoms with E-state index < -0.39 is 0 Å². The minimum absolute atomic E-state index is 0.522. The third-order valence-corrected chi connectivity index (χ3v) is 4.23. The van der Waals surface area contributed by atoms with Gasteiger partial charge in [0.25, 0.3) is 0 Å². The zero-order valence-electron chi connectivity index (χ0n) is 10.6. The number of nitrogens with zero attached hydrogens (tertiary/aromatic N) is 1. The van der Waals surface area contributed by atoms with Crippen molar-refractivity contribution >= 4 is 39.9 Å². The molecule has 1 heterocycles. The molecule has 1 saturated carbocycles. The van der Waals surface area contributed by atoms with Gasteiger partial charge in [0.2, 0.25) is 0 Å². The standard InChI is InChI=1S/C15H16Cl2N2/c16-10-6-7-12-13(17)9-15(19-14(12)8-10)18-11-4-2-1-3-5-11/h6-9,11H,1-5H2,(H,18,19). The van der Waals surface area contributed by atoms with Crippen molar-refractivity contribution in [2.24, 2.45) is 0 Å². The van der Waals surface area contributed by atoms with Crippen LogP contribution in [0.3, 0.4) is 0 Å². The SMILES string of the molecule is Clc1ccc2c(Cl)cc(NC3CCCCC3)nc2c1. The molecule has 0 bridgehead atoms. The van der Waals surface area contributed by atoms with Crippen LogP contribution in [0.25, 0.3) is 10.9 Å². The molecule has 0 aliphatic heterocycles. The average molecular weight is 295 g/mol. The second-order valence-corrected chi connectivity index (χ2v) is 5.97. The minimum Gasteiger partial charge on any atom is -0.367 e. The second kappa shape index (κ2) is 5.56. The summed E-state index contributed by atoms with van der Waals surface area (Å²) in [4.78, 5) is 4.61. The van der Waals surface area contributed by atoms with Crippen LogP contribution in [-0.4, -0.2) is 11.0 Å². The van der Waals surface area contributed by atoms with Crippen molar-refractivity contribution in [2.45, 2.75) is 38.1 Å². The zero-order valence-corrected chi connectivity index (χ0v) is 12.1. The van der Waals surface area contributed by atoms with E-state index in [0.717, 1.165) is 21.7 Å². The maximum absolute atomic E-state index is 6.31. The van der Waals surface area contributed by atoms with Crippen molar-refractivity contribution in [2.75, 3.05) is 5.32 Å². The maximum Gasteiger partial charge on any atom is 0.128 e. The molecule has 2 nitrogen and oxygen atoms in total. The molecule has 4 heteroatoms. The summed E-state index contributed by atoms with van der Waals surface area (Å²) in [5.41, 5.74) is 0.846. The molecule has 0 spiro atoms. The fourth-order valence-corrected chi connectivity index (χ4v) is 3.12. The van der Waals surface area contributed by atoms with Gasteiger partial charge in [-0.1, -0.05) is 42.5 Å². The normalized spacial score (nSPS) is 16.7. The summed E-state index contributed by atoms with van der Waals surface area (Å²) in [7, 11) is 0. The first-order valence-electron chi connectivity index (χ1n) is 6.75. The first-order valence-corrected chi connectivity index (χ1v) is 7.50. The monoisotopic (exact) mass is 294 g/mol. The Hall–Kier alpha value is -0.990. The van der Waals surface area contributed by atoms with E-state index in [1.54, 1.807) is 0 Å². The average Bonchev–Trinajstić information content (AvgIpc) is 2.39. The van der Waals surface area contributed by atoms with Gasteiger partial charge >= 0.3 is 0 Å². The van der Waals surface area contributed by atoms with Gasteiger partial charge in [-0.05, 0) is 37.1 Å². The maximum atomic E-state index is 6.31. The van der Waals surface area contributed by atoms with Gasteiger partial charge in [0, 0.05) is 16.5 Å². The zero-order chi connectivity index (χ0) is 13.2. The number of halogens is 2. The summed E-state index contributed by atoms with van der Waals surface area (Å²) in [5.74, 6) is 0.853. The second-order valence-electron chi connectivity index (χ2n) is 5.13. The number of hydrogen-bond acceptors (Lipinski definition) is 2. The Morgan fingerprint density at radius 3 is 2.63 bits per heavy atom. The van der Waals surface area contributed by atoms with Crippen LogP contribution in [0.5, 0.6) is 0 Å². The van der Waals surface area contributed by atoms with Crippen LogP contribution in [0.2, 0.25) is 10.0 Å². The highest BCUT2D eigenvalue weighted by atomic mass is 35.5. The van der Waals surface area contributed by atoms with E-state index in [1.165, 1.54) is 32.1 Å². The summed E-state index contributed by atoms with van der Waals surface area (Å²) >= 11 is 12.3. The molecule has 0 radical (unpaired) electrons. The highest BCUT2D eigenvalue weighted by molar-refractivity contribution is 6.36. The van der Waals surface area contributed by atoms with Crippen molar-refractivity contribution in [1.29, 1.82) is 0 Å². The molecule has 3 rings (SSSR count). The number of aromatic nitrogens is 1. The van der Waals surface area contributed by atoms with Gasteiger partial charge in [-0.15, -0.1) is 0 Å². The number of rotatable bonds is 2. The summed E-state index contributed by atoms with van der Waals surface area (Å²) in [6.45, 7) is 0. The number of anilines is 1. The third-order valence-electron chi connectivity index (χ3n) is 3.68. The molecule has 0 saturated heterocycles. The molecule has 1 aliphatic rings. The van der Waals surface area contributed by atoms with E-state index in [0.29, 0.717) is 11.1 Å². The van der Waals surface area contributed by atoms with E-state index in [9.17, 15) is 0 Å². The predicted octanol–water partition coefficient (Wildman–Crippen LogP) is 5.29. The van der Waals surface area contributed by atoms with Crippen LogP contribution in [0.1, 0.15) is 32.1 Å². The van der Waals surface area contributed by atoms with E-state index in [4.69, 9.17) is 23.2 Å². The van der Waals surface area contributed by atoms with Crippen LogP contribution in [0.15, 0.2) is 24.3 Å². The number of hydrogen-bond donors (Lipinski definition) is 1. The third kappa shape index (κ3) is 2.96. The van der Waals surface area contributed by atoms with Crippen molar-refractivity contribution in [3.8, 4) is 0 Å². The molecule has 100 valence electrons. The first kappa shape index (κ1) is 13.0. The Bertz CT molecular complexity index is 592. The van der Waals surface area contributed by atoms with E-state index in [-0.39, 0.29) is 0 Å². The molecular weight excluding hydrogens is 279 g/mol. The molecule has 0 amide bonds. The lowest BCUT2D eigenvalue weighted by atomic mass is 9.95. The molecular formula is C15H16Cl2N2. The largest absolute Gasteiger partial charge is 0.367 e. The van der Waals surface area contributed by atoms with Crippen LogP contribution < -0.4 is 5.32 Å². The number of pyridine rings is 1. The van der Waals surface area contributed by atoms with E-state index in [2.05, 4.69) is 10.3 Å². The summed E-state index contributed by atoms with van der Waals surface area (Å²) in [6.07, 6.45) is 6.37. The van der Waals surface area contributed by atoms with Crippen molar-refractivity contribution in [1.82, 2.24) is 4.98 Å².